The second kappa shape index (κ2) is 8.43. The van der Waals surface area contributed by atoms with E-state index in [1.807, 2.05) is 0 Å². The van der Waals surface area contributed by atoms with Gasteiger partial charge in [-0.15, -0.1) is 0 Å². The van der Waals surface area contributed by atoms with Crippen LogP contribution in [0.5, 0.6) is 0 Å². The molecule has 0 heterocycles. The van der Waals surface area contributed by atoms with Crippen LogP contribution in [0.1, 0.15) is 0 Å². The van der Waals surface area contributed by atoms with Gasteiger partial charge in [0.05, 0.1) is 39.7 Å². The molecule has 0 bridgehead atoms. The van der Waals surface area contributed by atoms with E-state index in [4.69, 9.17) is 5.11 Å². The van der Waals surface area contributed by atoms with Gasteiger partial charge in [-0.2, -0.15) is 0 Å². The number of rotatable bonds is 5. The molecule has 0 aliphatic rings. The Labute approximate surface area is 99.5 Å². The number of halogens is 1. The van der Waals surface area contributed by atoms with Crippen LogP contribution >= 0.6 is 15.9 Å². The van der Waals surface area contributed by atoms with Crippen molar-refractivity contribution in [3.05, 3.63) is 0 Å². The molecule has 0 atom stereocenters. The van der Waals surface area contributed by atoms with Crippen molar-refractivity contribution in [2.24, 2.45) is 0 Å². The zero-order valence-electron chi connectivity index (χ0n) is 9.14. The van der Waals surface area contributed by atoms with Gasteiger partial charge in [0.25, 0.3) is 0 Å². The maximum Gasteiger partial charge on any atom is 0.217 e. The fourth-order valence-corrected chi connectivity index (χ4v) is 1.57. The number of alkyl halides is 1. The maximum absolute atomic E-state index is 9.22. The van der Waals surface area contributed by atoms with Gasteiger partial charge in [-0.1, -0.05) is 15.9 Å². The van der Waals surface area contributed by atoms with E-state index in [0.717, 1.165) is 30.0 Å². The molecule has 0 aromatic carbocycles. The summed E-state index contributed by atoms with van der Waals surface area (Å²) >= 11 is 3.36. The van der Waals surface area contributed by atoms with Gasteiger partial charge in [0.1, 0.15) is 6.54 Å². The molecule has 0 aliphatic heterocycles. The molecule has 0 fully saturated rings. The Balaban J connectivity index is 0. The highest BCUT2D eigenvalue weighted by Gasteiger charge is 2.11. The van der Waals surface area contributed by atoms with Gasteiger partial charge < -0.3 is 14.1 Å². The van der Waals surface area contributed by atoms with E-state index in [0.29, 0.717) is 0 Å². The highest BCUT2D eigenvalue weighted by atomic mass is 79.9. The fourth-order valence-electron chi connectivity index (χ4n) is 0.611. The number of aliphatic hydroxyl groups is 1. The predicted octanol–water partition coefficient (Wildman–Crippen LogP) is -0.457. The highest BCUT2D eigenvalue weighted by Crippen LogP contribution is 1.96. The molecule has 15 heavy (non-hydrogen) atoms. The average Bonchev–Trinajstić information content (AvgIpc) is 2.03. The summed E-state index contributed by atoms with van der Waals surface area (Å²) in [6, 6.07) is 0. The Morgan fingerprint density at radius 1 is 1.40 bits per heavy atom. The summed E-state index contributed by atoms with van der Waals surface area (Å²) in [7, 11) is 0.613. The van der Waals surface area contributed by atoms with Gasteiger partial charge in [0.15, 0.2) is 0 Å². The van der Waals surface area contributed by atoms with Crippen LogP contribution in [0.2, 0.25) is 0 Å². The lowest BCUT2D eigenvalue weighted by atomic mass is 10.4. The number of quaternary nitrogens is 1. The molecule has 0 radical (unpaired) electrons. The lowest BCUT2D eigenvalue weighted by molar-refractivity contribution is -0.888. The molecule has 0 spiro atoms. The van der Waals surface area contributed by atoms with E-state index < -0.39 is 10.4 Å². The molecule has 0 saturated heterocycles. The number of hydrogen-bond donors (Lipinski definition) is 1. The minimum Gasteiger partial charge on any atom is -0.726 e. The van der Waals surface area contributed by atoms with E-state index in [1.165, 1.54) is 0 Å². The number of nitrogens with zero attached hydrogens (tertiary/aromatic N) is 1. The Morgan fingerprint density at radius 2 is 1.80 bits per heavy atom. The summed E-state index contributed by atoms with van der Waals surface area (Å²) in [6.45, 7) is 2.19. The monoisotopic (exact) mass is 307 g/mol. The first kappa shape index (κ1) is 17.7. The van der Waals surface area contributed by atoms with Crippen molar-refractivity contribution in [2.45, 2.75) is 0 Å². The van der Waals surface area contributed by atoms with Gasteiger partial charge in [-0.05, 0) is 0 Å². The molecule has 94 valence electrons. The Bertz CT molecular complexity index is 234. The standard InChI is InChI=1S/C6H15BrNO.CH4O4S/c1-8(2,4-3-7)5-6-9;1-5-6(2,3)4/h9H,3-6H2,1-2H3;1H3,(H,2,3,4)/q+1;/p-1. The lowest BCUT2D eigenvalue weighted by Crippen LogP contribution is -2.43. The molecule has 0 aromatic heterocycles. The highest BCUT2D eigenvalue weighted by molar-refractivity contribution is 9.09. The normalized spacial score (nSPS) is 11.9. The molecule has 0 aliphatic carbocycles. The van der Waals surface area contributed by atoms with Crippen LogP contribution in [0.15, 0.2) is 0 Å². The van der Waals surface area contributed by atoms with Gasteiger partial charge in [-0.3, -0.25) is 4.18 Å². The molecule has 6 nitrogen and oxygen atoms in total. The molecule has 0 saturated carbocycles. The lowest BCUT2D eigenvalue weighted by Gasteiger charge is -2.27. The van der Waals surface area contributed by atoms with Crippen molar-refractivity contribution in [3.63, 3.8) is 0 Å². The van der Waals surface area contributed by atoms with Crippen LogP contribution in [-0.2, 0) is 14.6 Å². The molecule has 0 unspecified atom stereocenters. The van der Waals surface area contributed by atoms with Crippen molar-refractivity contribution >= 4 is 26.3 Å². The molecular weight excluding hydrogens is 290 g/mol. The third kappa shape index (κ3) is 16.9. The first-order valence-electron chi connectivity index (χ1n) is 4.19. The quantitative estimate of drug-likeness (QED) is 0.321. The predicted molar refractivity (Wildman–Crippen MR) is 59.4 cm³/mol. The summed E-state index contributed by atoms with van der Waals surface area (Å²) in [5.41, 5.74) is 0. The van der Waals surface area contributed by atoms with Gasteiger partial charge in [0.2, 0.25) is 10.4 Å². The van der Waals surface area contributed by atoms with Crippen LogP contribution in [0.4, 0.5) is 0 Å². The minimum absolute atomic E-state index is 0.278. The summed E-state index contributed by atoms with van der Waals surface area (Å²) in [4.78, 5) is 0. The minimum atomic E-state index is -4.41. The van der Waals surface area contributed by atoms with Gasteiger partial charge in [0, 0.05) is 0 Å². The molecule has 1 N–H and O–H groups in total. The third-order valence-electron chi connectivity index (χ3n) is 1.60. The Hall–Kier alpha value is 0.270. The van der Waals surface area contributed by atoms with Gasteiger partial charge in [-0.25, -0.2) is 8.42 Å². The fraction of sp³-hybridized carbons (Fsp3) is 1.00. The Kier molecular flexibility index (Phi) is 9.92. The van der Waals surface area contributed by atoms with Crippen molar-refractivity contribution in [2.75, 3.05) is 46.2 Å². The van der Waals surface area contributed by atoms with Crippen LogP contribution in [-0.4, -0.2) is 68.8 Å². The SMILES string of the molecule is COS(=O)(=O)[O-].C[N+](C)(CCO)CCBr. The number of aliphatic hydroxyl groups excluding tert-OH is 1. The van der Waals surface area contributed by atoms with E-state index in [2.05, 4.69) is 34.2 Å². The summed E-state index contributed by atoms with van der Waals surface area (Å²) in [5, 5.41) is 9.60. The zero-order chi connectivity index (χ0) is 12.5. The van der Waals surface area contributed by atoms with Gasteiger partial charge >= 0.3 is 0 Å². The van der Waals surface area contributed by atoms with Crippen LogP contribution in [0.3, 0.4) is 0 Å². The summed E-state index contributed by atoms with van der Waals surface area (Å²) in [5.74, 6) is 0. The summed E-state index contributed by atoms with van der Waals surface area (Å²) < 4.78 is 31.9. The average molecular weight is 308 g/mol. The molecule has 0 amide bonds. The second-order valence-corrected chi connectivity index (χ2v) is 5.31. The number of likely N-dealkylation sites (N-methyl/N-ethyl adjacent to an activating group) is 1. The Morgan fingerprint density at radius 3 is 2.00 bits per heavy atom. The largest absolute Gasteiger partial charge is 0.726 e. The van der Waals surface area contributed by atoms with Crippen LogP contribution in [0.25, 0.3) is 0 Å². The maximum atomic E-state index is 9.22. The van der Waals surface area contributed by atoms with Crippen molar-refractivity contribution < 1.29 is 26.7 Å². The molecule has 0 aromatic rings. The third-order valence-corrected chi connectivity index (χ3v) is 2.36. The topological polar surface area (TPSA) is 86.7 Å². The summed E-state index contributed by atoms with van der Waals surface area (Å²) in [6.07, 6.45) is 0. The van der Waals surface area contributed by atoms with Crippen LogP contribution < -0.4 is 0 Å². The van der Waals surface area contributed by atoms with E-state index >= 15 is 0 Å². The molecule has 8 heteroatoms. The van der Waals surface area contributed by atoms with Crippen molar-refractivity contribution in [1.29, 1.82) is 0 Å². The smallest absolute Gasteiger partial charge is 0.217 e. The van der Waals surface area contributed by atoms with Crippen molar-refractivity contribution in [3.8, 4) is 0 Å². The first-order valence-corrected chi connectivity index (χ1v) is 6.64. The van der Waals surface area contributed by atoms with Crippen LogP contribution in [0, 0.1) is 0 Å². The zero-order valence-corrected chi connectivity index (χ0v) is 11.5. The van der Waals surface area contributed by atoms with E-state index in [9.17, 15) is 13.0 Å². The van der Waals surface area contributed by atoms with Crippen molar-refractivity contribution in [1.82, 2.24) is 0 Å². The first-order chi connectivity index (χ1) is 6.68. The molecular formula is C7H18BrNO5S. The molecule has 0 rings (SSSR count). The van der Waals surface area contributed by atoms with E-state index in [-0.39, 0.29) is 6.61 Å². The second-order valence-electron chi connectivity index (χ2n) is 3.37. The van der Waals surface area contributed by atoms with E-state index in [1.54, 1.807) is 0 Å². The number of hydrogen-bond acceptors (Lipinski definition) is 5.